The Morgan fingerprint density at radius 3 is 2.41 bits per heavy atom. The van der Waals surface area contributed by atoms with Gasteiger partial charge in [0.15, 0.2) is 0 Å². The van der Waals surface area contributed by atoms with Crippen molar-refractivity contribution in [1.29, 1.82) is 0 Å². The van der Waals surface area contributed by atoms with E-state index in [1.165, 1.54) is 5.82 Å². The summed E-state index contributed by atoms with van der Waals surface area (Å²) in [6, 6.07) is 0. The zero-order valence-corrected chi connectivity index (χ0v) is 12.0. The van der Waals surface area contributed by atoms with Crippen LogP contribution in [-0.4, -0.2) is 10.1 Å². The Bertz CT molecular complexity index is 406. The Morgan fingerprint density at radius 1 is 1.35 bits per heavy atom. The smallest absolute Gasteiger partial charge is 0.258 e. The van der Waals surface area contributed by atoms with Gasteiger partial charge in [0, 0.05) is 18.9 Å². The van der Waals surface area contributed by atoms with Gasteiger partial charge in [0.05, 0.1) is 6.20 Å². The van der Waals surface area contributed by atoms with Gasteiger partial charge in [-0.05, 0) is 40.7 Å². The molecule has 0 aromatic carbocycles. The van der Waals surface area contributed by atoms with E-state index in [0.29, 0.717) is 0 Å². The van der Waals surface area contributed by atoms with Gasteiger partial charge in [0.2, 0.25) is 0 Å². The maximum absolute atomic E-state index is 6.14. The number of nitrogens with zero attached hydrogens (tertiary/aromatic N) is 2. The van der Waals surface area contributed by atoms with Gasteiger partial charge in [-0.3, -0.25) is 0 Å². The van der Waals surface area contributed by atoms with Crippen molar-refractivity contribution in [2.45, 2.75) is 59.0 Å². The van der Waals surface area contributed by atoms with Crippen LogP contribution in [0.4, 0.5) is 0 Å². The summed E-state index contributed by atoms with van der Waals surface area (Å²) in [6.07, 6.45) is 9.25. The van der Waals surface area contributed by atoms with E-state index in [2.05, 4.69) is 62.3 Å². The lowest BCUT2D eigenvalue weighted by molar-refractivity contribution is -0.575. The van der Waals surface area contributed by atoms with E-state index < -0.39 is 0 Å². The summed E-state index contributed by atoms with van der Waals surface area (Å²) in [6.45, 7) is 12.8. The number of rotatable bonds is 4. The zero-order valence-electron chi connectivity index (χ0n) is 12.0. The topological polar surface area (TPSA) is 34.8 Å². The molecule has 17 heavy (non-hydrogen) atoms. The molecule has 0 amide bonds. The van der Waals surface area contributed by atoms with Crippen molar-refractivity contribution in [3.63, 3.8) is 0 Å². The first-order valence-electron chi connectivity index (χ1n) is 6.19. The summed E-state index contributed by atoms with van der Waals surface area (Å²) in [4.78, 5) is 0. The van der Waals surface area contributed by atoms with Crippen LogP contribution >= 0.6 is 0 Å². The molecule has 0 saturated carbocycles. The predicted octanol–water partition coefficient (Wildman–Crippen LogP) is 2.44. The maximum atomic E-state index is 6.14. The third-order valence-corrected chi connectivity index (χ3v) is 2.95. The second kappa shape index (κ2) is 4.65. The fourth-order valence-electron chi connectivity index (χ4n) is 2.64. The fraction of sp³-hybridized carbons (Fsp3) is 0.643. The summed E-state index contributed by atoms with van der Waals surface area (Å²) in [5, 5.41) is 0. The number of allylic oxidation sites excluding steroid dienone is 1. The molecular formula is C14H26N3+. The molecule has 0 fully saturated rings. The molecule has 96 valence electrons. The standard InChI is InChI=1S/C14H26N3/c1-7-8-16-9-10-17(12(16)2)14(5,6)11-13(3,4)15/h7-10H,11,15H2,1-6H3/q+1/b8-7+. The van der Waals surface area contributed by atoms with Crippen LogP contribution in [0.5, 0.6) is 0 Å². The van der Waals surface area contributed by atoms with E-state index in [-0.39, 0.29) is 11.1 Å². The molecule has 0 aliphatic rings. The van der Waals surface area contributed by atoms with Gasteiger partial charge in [-0.25, -0.2) is 9.13 Å². The van der Waals surface area contributed by atoms with Crippen LogP contribution in [0, 0.1) is 6.92 Å². The summed E-state index contributed by atoms with van der Waals surface area (Å²) in [5.41, 5.74) is 6.00. The van der Waals surface area contributed by atoms with Gasteiger partial charge in [0.1, 0.15) is 17.9 Å². The molecule has 0 aliphatic heterocycles. The highest BCUT2D eigenvalue weighted by atomic mass is 15.2. The van der Waals surface area contributed by atoms with Crippen LogP contribution in [0.25, 0.3) is 6.20 Å². The lowest BCUT2D eigenvalue weighted by Crippen LogP contribution is -2.43. The van der Waals surface area contributed by atoms with Crippen molar-refractivity contribution in [1.82, 2.24) is 4.57 Å². The van der Waals surface area contributed by atoms with Crippen LogP contribution < -0.4 is 10.3 Å². The van der Waals surface area contributed by atoms with Crippen molar-refractivity contribution in [3.05, 3.63) is 24.3 Å². The van der Waals surface area contributed by atoms with E-state index in [1.54, 1.807) is 0 Å². The van der Waals surface area contributed by atoms with Gasteiger partial charge < -0.3 is 5.73 Å². The van der Waals surface area contributed by atoms with E-state index in [4.69, 9.17) is 5.73 Å². The van der Waals surface area contributed by atoms with Crippen LogP contribution in [0.1, 0.15) is 46.9 Å². The van der Waals surface area contributed by atoms with Crippen molar-refractivity contribution in [3.8, 4) is 0 Å². The molecule has 1 aromatic rings. The van der Waals surface area contributed by atoms with Gasteiger partial charge in [-0.15, -0.1) is 0 Å². The molecule has 3 nitrogen and oxygen atoms in total. The van der Waals surface area contributed by atoms with Crippen LogP contribution in [0.15, 0.2) is 18.5 Å². The summed E-state index contributed by atoms with van der Waals surface area (Å²) >= 11 is 0. The number of nitrogens with two attached hydrogens (primary N) is 1. The molecule has 0 radical (unpaired) electrons. The quantitative estimate of drug-likeness (QED) is 0.801. The Hall–Kier alpha value is -1.09. The lowest BCUT2D eigenvalue weighted by atomic mass is 9.87. The normalized spacial score (nSPS) is 13.6. The molecule has 0 spiro atoms. The predicted molar refractivity (Wildman–Crippen MR) is 72.6 cm³/mol. The minimum atomic E-state index is -0.161. The first-order chi connectivity index (χ1) is 7.67. The highest BCUT2D eigenvalue weighted by Gasteiger charge is 2.33. The summed E-state index contributed by atoms with van der Waals surface area (Å²) in [5.74, 6) is 1.22. The SMILES string of the molecule is C/C=C/[n+]1ccn(C(C)(C)CC(C)(C)N)c1C. The molecule has 1 rings (SSSR count). The number of aromatic nitrogens is 2. The van der Waals surface area contributed by atoms with Crippen LogP contribution in [-0.2, 0) is 5.54 Å². The van der Waals surface area contributed by atoms with Gasteiger partial charge in [0.25, 0.3) is 5.82 Å². The highest BCUT2D eigenvalue weighted by molar-refractivity contribution is 5.06. The van der Waals surface area contributed by atoms with E-state index >= 15 is 0 Å². The Kier molecular flexibility index (Phi) is 3.82. The molecule has 0 saturated heterocycles. The molecule has 2 N–H and O–H groups in total. The first-order valence-corrected chi connectivity index (χ1v) is 6.19. The molecule has 1 heterocycles. The number of hydrogen-bond donors (Lipinski definition) is 1. The van der Waals surface area contributed by atoms with Crippen LogP contribution in [0.3, 0.4) is 0 Å². The van der Waals surface area contributed by atoms with E-state index in [0.717, 1.165) is 6.42 Å². The molecule has 0 aliphatic carbocycles. The van der Waals surface area contributed by atoms with Gasteiger partial charge in [-0.1, -0.05) is 0 Å². The van der Waals surface area contributed by atoms with Gasteiger partial charge >= 0.3 is 0 Å². The molecular weight excluding hydrogens is 210 g/mol. The second-order valence-corrected chi connectivity index (χ2v) is 6.08. The summed E-state index contributed by atoms with van der Waals surface area (Å²) in [7, 11) is 0. The Balaban J connectivity index is 3.07. The zero-order chi connectivity index (χ0) is 13.3. The van der Waals surface area contributed by atoms with Crippen molar-refractivity contribution in [2.24, 2.45) is 5.73 Å². The minimum Gasteiger partial charge on any atom is -0.325 e. The lowest BCUT2D eigenvalue weighted by Gasteiger charge is -2.30. The molecule has 0 unspecified atom stereocenters. The molecule has 3 heteroatoms. The highest BCUT2D eigenvalue weighted by Crippen LogP contribution is 2.26. The minimum absolute atomic E-state index is 0.0230. The molecule has 1 aromatic heterocycles. The molecule has 0 bridgehead atoms. The average Bonchev–Trinajstić information content (AvgIpc) is 2.45. The Morgan fingerprint density at radius 2 is 1.94 bits per heavy atom. The number of imidazole rings is 1. The molecule has 0 atom stereocenters. The second-order valence-electron chi connectivity index (χ2n) is 6.08. The monoisotopic (exact) mass is 236 g/mol. The van der Waals surface area contributed by atoms with Crippen molar-refractivity contribution >= 4 is 6.20 Å². The number of hydrogen-bond acceptors (Lipinski definition) is 1. The van der Waals surface area contributed by atoms with Gasteiger partial charge in [-0.2, -0.15) is 0 Å². The maximum Gasteiger partial charge on any atom is 0.258 e. The fourth-order valence-corrected chi connectivity index (χ4v) is 2.64. The third-order valence-electron chi connectivity index (χ3n) is 2.95. The van der Waals surface area contributed by atoms with E-state index in [1.807, 2.05) is 13.0 Å². The summed E-state index contributed by atoms with van der Waals surface area (Å²) < 4.78 is 4.42. The Labute approximate surface area is 105 Å². The largest absolute Gasteiger partial charge is 0.325 e. The third kappa shape index (κ3) is 3.43. The first kappa shape index (κ1) is 14.0. The van der Waals surface area contributed by atoms with Crippen molar-refractivity contribution < 1.29 is 4.57 Å². The average molecular weight is 236 g/mol. The van der Waals surface area contributed by atoms with E-state index in [9.17, 15) is 0 Å². The van der Waals surface area contributed by atoms with Crippen LogP contribution in [0.2, 0.25) is 0 Å². The van der Waals surface area contributed by atoms with Crippen molar-refractivity contribution in [2.75, 3.05) is 0 Å².